The van der Waals surface area contributed by atoms with Gasteiger partial charge in [0.2, 0.25) is 0 Å². The smallest absolute Gasteiger partial charge is 0.350 e. The Balaban J connectivity index is 2.02. The van der Waals surface area contributed by atoms with Gasteiger partial charge in [-0.1, -0.05) is 18.2 Å². The molecule has 1 heterocycles. The van der Waals surface area contributed by atoms with Crippen LogP contribution < -0.4 is 5.73 Å². The van der Waals surface area contributed by atoms with Crippen molar-refractivity contribution in [2.24, 2.45) is 0 Å². The van der Waals surface area contributed by atoms with Crippen molar-refractivity contribution in [3.8, 4) is 0 Å². The summed E-state index contributed by atoms with van der Waals surface area (Å²) >= 11 is 1.30. The normalized spacial score (nSPS) is 10.3. The third-order valence-electron chi connectivity index (χ3n) is 2.82. The van der Waals surface area contributed by atoms with Gasteiger partial charge in [-0.15, -0.1) is 11.3 Å². The van der Waals surface area contributed by atoms with E-state index in [-0.39, 0.29) is 12.6 Å². The van der Waals surface area contributed by atoms with Gasteiger partial charge in [0.25, 0.3) is 0 Å². The Morgan fingerprint density at radius 3 is 2.67 bits per heavy atom. The van der Waals surface area contributed by atoms with Gasteiger partial charge in [0.1, 0.15) is 11.5 Å². The van der Waals surface area contributed by atoms with E-state index in [0.717, 1.165) is 5.56 Å². The van der Waals surface area contributed by atoms with Crippen molar-refractivity contribution >= 4 is 23.0 Å². The molecule has 0 aliphatic carbocycles. The number of nitrogen functional groups attached to an aromatic ring is 1. The topological polar surface area (TPSA) is 52.3 Å². The molecule has 1 aromatic heterocycles. The molecule has 0 radical (unpaired) electrons. The largest absolute Gasteiger partial charge is 0.457 e. The Morgan fingerprint density at radius 1 is 1.28 bits per heavy atom. The van der Waals surface area contributed by atoms with Gasteiger partial charge < -0.3 is 10.5 Å². The minimum Gasteiger partial charge on any atom is -0.457 e. The van der Waals surface area contributed by atoms with E-state index in [4.69, 9.17) is 10.5 Å². The number of hydrogen-bond acceptors (Lipinski definition) is 4. The van der Waals surface area contributed by atoms with Crippen molar-refractivity contribution in [3.05, 3.63) is 51.2 Å². The molecule has 2 aromatic rings. The lowest BCUT2D eigenvalue weighted by Gasteiger charge is -2.06. The van der Waals surface area contributed by atoms with Crippen molar-refractivity contribution in [1.29, 1.82) is 0 Å². The first kappa shape index (κ1) is 12.6. The predicted molar refractivity (Wildman–Crippen MR) is 73.8 cm³/mol. The van der Waals surface area contributed by atoms with E-state index in [2.05, 4.69) is 6.92 Å². The average molecular weight is 261 g/mol. The van der Waals surface area contributed by atoms with E-state index in [1.807, 2.05) is 25.1 Å². The molecule has 0 saturated heterocycles. The molecule has 94 valence electrons. The second-order valence-electron chi connectivity index (χ2n) is 4.20. The third-order valence-corrected chi connectivity index (χ3v) is 3.73. The molecule has 0 aliphatic rings. The molecule has 0 amide bonds. The highest BCUT2D eigenvalue weighted by atomic mass is 32.1. The first-order chi connectivity index (χ1) is 8.58. The fourth-order valence-corrected chi connectivity index (χ4v) is 2.30. The quantitative estimate of drug-likeness (QED) is 0.862. The second kappa shape index (κ2) is 5.23. The predicted octanol–water partition coefficient (Wildman–Crippen LogP) is 3.30. The molecule has 0 atom stereocenters. The van der Waals surface area contributed by atoms with Crippen LogP contribution in [-0.4, -0.2) is 5.97 Å². The number of carbonyl (C=O) groups excluding carboxylic acids is 1. The molecule has 4 heteroatoms. The number of rotatable bonds is 3. The van der Waals surface area contributed by atoms with Gasteiger partial charge in [-0.25, -0.2) is 4.79 Å². The van der Waals surface area contributed by atoms with Crippen LogP contribution in [0.3, 0.4) is 0 Å². The molecule has 3 nitrogen and oxygen atoms in total. The van der Waals surface area contributed by atoms with Gasteiger partial charge in [0.15, 0.2) is 0 Å². The zero-order chi connectivity index (χ0) is 13.1. The maximum absolute atomic E-state index is 11.8. The molecule has 2 rings (SSSR count). The first-order valence-electron chi connectivity index (χ1n) is 5.64. The maximum Gasteiger partial charge on any atom is 0.350 e. The molecule has 0 bridgehead atoms. The summed E-state index contributed by atoms with van der Waals surface area (Å²) in [6, 6.07) is 7.73. The molecule has 0 fully saturated rings. The molecule has 2 N–H and O–H groups in total. The zero-order valence-electron chi connectivity index (χ0n) is 10.4. The number of esters is 1. The summed E-state index contributed by atoms with van der Waals surface area (Å²) in [5.74, 6) is -0.360. The van der Waals surface area contributed by atoms with Crippen LogP contribution in [-0.2, 0) is 11.3 Å². The fourth-order valence-electron chi connectivity index (χ4n) is 1.59. The van der Waals surface area contributed by atoms with E-state index >= 15 is 0 Å². The number of carbonyl (C=O) groups is 1. The Hall–Kier alpha value is -1.81. The van der Waals surface area contributed by atoms with Crippen LogP contribution in [0, 0.1) is 13.8 Å². The Bertz CT molecular complexity index is 575. The number of nitrogens with two attached hydrogens (primary N) is 1. The molecule has 0 saturated carbocycles. The van der Waals surface area contributed by atoms with Crippen molar-refractivity contribution in [2.75, 3.05) is 5.73 Å². The van der Waals surface area contributed by atoms with E-state index in [1.54, 1.807) is 11.4 Å². The highest BCUT2D eigenvalue weighted by Gasteiger charge is 2.12. The number of hydrogen-bond donors (Lipinski definition) is 1. The number of ether oxygens (including phenoxy) is 1. The Morgan fingerprint density at radius 2 is 2.06 bits per heavy atom. The van der Waals surface area contributed by atoms with Crippen LogP contribution in [0.1, 0.15) is 26.4 Å². The van der Waals surface area contributed by atoms with E-state index in [1.165, 1.54) is 22.5 Å². The number of aryl methyl sites for hydroxylation is 2. The monoisotopic (exact) mass is 261 g/mol. The highest BCUT2D eigenvalue weighted by Crippen LogP contribution is 2.20. The van der Waals surface area contributed by atoms with Crippen molar-refractivity contribution < 1.29 is 9.53 Å². The summed E-state index contributed by atoms with van der Waals surface area (Å²) in [5, 5.41) is 1.78. The van der Waals surface area contributed by atoms with Gasteiger partial charge >= 0.3 is 5.97 Å². The second-order valence-corrected chi connectivity index (χ2v) is 5.12. The van der Waals surface area contributed by atoms with Crippen LogP contribution in [0.2, 0.25) is 0 Å². The van der Waals surface area contributed by atoms with Gasteiger partial charge in [-0.05, 0) is 42.0 Å². The lowest BCUT2D eigenvalue weighted by Crippen LogP contribution is -2.05. The lowest BCUT2D eigenvalue weighted by atomic mass is 10.1. The van der Waals surface area contributed by atoms with E-state index < -0.39 is 0 Å². The SMILES string of the molecule is Cc1ccc(COC(=O)c2sccc2N)cc1C. The summed E-state index contributed by atoms with van der Waals surface area (Å²) in [4.78, 5) is 12.2. The van der Waals surface area contributed by atoms with Crippen molar-refractivity contribution in [2.45, 2.75) is 20.5 Å². The summed E-state index contributed by atoms with van der Waals surface area (Å²) in [6.45, 7) is 4.37. The van der Waals surface area contributed by atoms with Crippen LogP contribution in [0.15, 0.2) is 29.6 Å². The average Bonchev–Trinajstić information content (AvgIpc) is 2.77. The third kappa shape index (κ3) is 2.71. The zero-order valence-corrected chi connectivity index (χ0v) is 11.2. The number of thiophene rings is 1. The maximum atomic E-state index is 11.8. The minimum atomic E-state index is -0.360. The molecule has 18 heavy (non-hydrogen) atoms. The van der Waals surface area contributed by atoms with Crippen LogP contribution in [0.5, 0.6) is 0 Å². The van der Waals surface area contributed by atoms with Crippen LogP contribution in [0.4, 0.5) is 5.69 Å². The van der Waals surface area contributed by atoms with Crippen molar-refractivity contribution in [1.82, 2.24) is 0 Å². The molecule has 0 unspecified atom stereocenters. The summed E-state index contributed by atoms with van der Waals surface area (Å²) in [5.41, 5.74) is 9.55. The molecular weight excluding hydrogens is 246 g/mol. The summed E-state index contributed by atoms with van der Waals surface area (Å²) in [7, 11) is 0. The van der Waals surface area contributed by atoms with Gasteiger partial charge in [-0.2, -0.15) is 0 Å². The molecular formula is C14H15NO2S. The standard InChI is InChI=1S/C14H15NO2S/c1-9-3-4-11(7-10(9)2)8-17-14(16)13-12(15)5-6-18-13/h3-7H,8,15H2,1-2H3. The fraction of sp³-hybridized carbons (Fsp3) is 0.214. The first-order valence-corrected chi connectivity index (χ1v) is 6.52. The van der Waals surface area contributed by atoms with E-state index in [0.29, 0.717) is 10.6 Å². The Kier molecular flexibility index (Phi) is 3.67. The van der Waals surface area contributed by atoms with Gasteiger partial charge in [0.05, 0.1) is 5.69 Å². The molecule has 0 spiro atoms. The summed E-state index contributed by atoms with van der Waals surface area (Å²) in [6.07, 6.45) is 0. The minimum absolute atomic E-state index is 0.275. The number of benzene rings is 1. The van der Waals surface area contributed by atoms with Crippen LogP contribution in [0.25, 0.3) is 0 Å². The van der Waals surface area contributed by atoms with Crippen LogP contribution >= 0.6 is 11.3 Å². The highest BCUT2D eigenvalue weighted by molar-refractivity contribution is 7.12. The molecule has 0 aliphatic heterocycles. The lowest BCUT2D eigenvalue weighted by molar-refractivity contribution is 0.0479. The molecule has 1 aromatic carbocycles. The van der Waals surface area contributed by atoms with Gasteiger partial charge in [-0.3, -0.25) is 0 Å². The van der Waals surface area contributed by atoms with Crippen molar-refractivity contribution in [3.63, 3.8) is 0 Å². The summed E-state index contributed by atoms with van der Waals surface area (Å²) < 4.78 is 5.24. The Labute approximate surface area is 110 Å². The van der Waals surface area contributed by atoms with E-state index in [9.17, 15) is 4.79 Å². The number of anilines is 1. The van der Waals surface area contributed by atoms with Gasteiger partial charge in [0, 0.05) is 0 Å².